The first kappa shape index (κ1) is 18.1. The summed E-state index contributed by atoms with van der Waals surface area (Å²) in [7, 11) is 1.70. The maximum Gasteiger partial charge on any atom is 0.191 e. The summed E-state index contributed by atoms with van der Waals surface area (Å²) in [6, 6.07) is 14.4. The van der Waals surface area contributed by atoms with Crippen LogP contribution >= 0.6 is 0 Å². The van der Waals surface area contributed by atoms with Crippen molar-refractivity contribution < 1.29 is 9.15 Å². The molecule has 0 radical (unpaired) electrons. The Morgan fingerprint density at radius 1 is 1.04 bits per heavy atom. The normalized spacial score (nSPS) is 11.5. The highest BCUT2D eigenvalue weighted by Crippen LogP contribution is 2.02. The molecule has 0 amide bonds. The molecule has 1 aromatic carbocycles. The van der Waals surface area contributed by atoms with E-state index in [0.717, 1.165) is 50.6 Å². The fraction of sp³-hybridized carbons (Fsp3) is 0.421. The Labute approximate surface area is 144 Å². The van der Waals surface area contributed by atoms with Gasteiger partial charge in [-0.25, -0.2) is 0 Å². The number of ether oxygens (including phenoxy) is 1. The molecule has 1 heterocycles. The van der Waals surface area contributed by atoms with Gasteiger partial charge in [0.25, 0.3) is 0 Å². The van der Waals surface area contributed by atoms with Gasteiger partial charge in [0.2, 0.25) is 0 Å². The van der Waals surface area contributed by atoms with Crippen molar-refractivity contribution in [1.29, 1.82) is 0 Å². The number of aliphatic imine (C=N–C) groups is 1. The Hall–Kier alpha value is -2.27. The summed E-state index contributed by atoms with van der Waals surface area (Å²) in [5, 5.41) is 6.62. The number of furan rings is 1. The minimum Gasteiger partial charge on any atom is -0.469 e. The summed E-state index contributed by atoms with van der Waals surface area (Å²) < 4.78 is 10.4. The Balaban J connectivity index is 1.73. The lowest BCUT2D eigenvalue weighted by atomic mass is 10.1. The topological polar surface area (TPSA) is 58.8 Å². The van der Waals surface area contributed by atoms with Crippen LogP contribution < -0.4 is 10.6 Å². The molecule has 5 heteroatoms. The second-order valence-corrected chi connectivity index (χ2v) is 5.50. The third-order valence-electron chi connectivity index (χ3n) is 3.58. The second-order valence-electron chi connectivity index (χ2n) is 5.50. The molecule has 0 saturated carbocycles. The minimum absolute atomic E-state index is 0.656. The van der Waals surface area contributed by atoms with E-state index >= 15 is 0 Å². The van der Waals surface area contributed by atoms with Crippen LogP contribution in [0.3, 0.4) is 0 Å². The lowest BCUT2D eigenvalue weighted by Gasteiger charge is -2.12. The van der Waals surface area contributed by atoms with Crippen LogP contribution in [-0.2, 0) is 17.6 Å². The van der Waals surface area contributed by atoms with Gasteiger partial charge < -0.3 is 19.8 Å². The maximum atomic E-state index is 5.34. The van der Waals surface area contributed by atoms with Crippen molar-refractivity contribution in [3.63, 3.8) is 0 Å². The van der Waals surface area contributed by atoms with Gasteiger partial charge in [-0.1, -0.05) is 30.3 Å². The van der Waals surface area contributed by atoms with Crippen molar-refractivity contribution in [2.45, 2.75) is 19.3 Å². The van der Waals surface area contributed by atoms with Gasteiger partial charge in [0.15, 0.2) is 5.96 Å². The largest absolute Gasteiger partial charge is 0.469 e. The van der Waals surface area contributed by atoms with Crippen molar-refractivity contribution in [3.8, 4) is 0 Å². The van der Waals surface area contributed by atoms with E-state index in [1.54, 1.807) is 13.4 Å². The Morgan fingerprint density at radius 2 is 1.88 bits per heavy atom. The van der Waals surface area contributed by atoms with Crippen molar-refractivity contribution in [2.24, 2.45) is 4.99 Å². The summed E-state index contributed by atoms with van der Waals surface area (Å²) in [5.74, 6) is 1.80. The van der Waals surface area contributed by atoms with Crippen LogP contribution in [0.15, 0.2) is 58.1 Å². The Bertz CT molecular complexity index is 568. The van der Waals surface area contributed by atoms with Crippen LogP contribution in [0, 0.1) is 0 Å². The van der Waals surface area contributed by atoms with E-state index in [2.05, 4.69) is 39.9 Å². The van der Waals surface area contributed by atoms with E-state index in [4.69, 9.17) is 9.15 Å². The van der Waals surface area contributed by atoms with Crippen LogP contribution in [0.4, 0.5) is 0 Å². The molecule has 0 spiro atoms. The molecule has 2 rings (SSSR count). The molecule has 0 saturated heterocycles. The smallest absolute Gasteiger partial charge is 0.191 e. The van der Waals surface area contributed by atoms with Crippen LogP contribution in [0.1, 0.15) is 17.7 Å². The van der Waals surface area contributed by atoms with Crippen LogP contribution in [0.5, 0.6) is 0 Å². The van der Waals surface area contributed by atoms with Gasteiger partial charge >= 0.3 is 0 Å². The van der Waals surface area contributed by atoms with Gasteiger partial charge in [0.1, 0.15) is 5.76 Å². The number of hydrogen-bond acceptors (Lipinski definition) is 3. The third kappa shape index (κ3) is 7.33. The number of hydrogen-bond donors (Lipinski definition) is 2. The van der Waals surface area contributed by atoms with Gasteiger partial charge in [0.05, 0.1) is 12.9 Å². The van der Waals surface area contributed by atoms with E-state index in [1.807, 2.05) is 18.2 Å². The van der Waals surface area contributed by atoms with Gasteiger partial charge in [0, 0.05) is 33.2 Å². The van der Waals surface area contributed by atoms with E-state index in [9.17, 15) is 0 Å². The van der Waals surface area contributed by atoms with E-state index in [0.29, 0.717) is 6.61 Å². The first-order valence-corrected chi connectivity index (χ1v) is 8.46. The number of guanidine groups is 1. The monoisotopic (exact) mass is 329 g/mol. The van der Waals surface area contributed by atoms with Crippen molar-refractivity contribution >= 4 is 5.96 Å². The predicted octanol–water partition coefficient (Wildman–Crippen LogP) is 2.64. The SMILES string of the molecule is COCCNC(=NCCCc1ccccc1)NCCc1ccco1. The number of benzene rings is 1. The molecule has 0 aliphatic carbocycles. The first-order valence-electron chi connectivity index (χ1n) is 8.46. The predicted molar refractivity (Wildman–Crippen MR) is 97.4 cm³/mol. The van der Waals surface area contributed by atoms with Crippen LogP contribution in [0.2, 0.25) is 0 Å². The van der Waals surface area contributed by atoms with Gasteiger partial charge in [-0.3, -0.25) is 4.99 Å². The zero-order chi connectivity index (χ0) is 16.9. The molecule has 130 valence electrons. The number of methoxy groups -OCH3 is 1. The molecule has 2 aromatic rings. The molecule has 0 aliphatic rings. The Morgan fingerprint density at radius 3 is 2.62 bits per heavy atom. The molecular weight excluding hydrogens is 302 g/mol. The minimum atomic E-state index is 0.656. The summed E-state index contributed by atoms with van der Waals surface area (Å²) in [6.45, 7) is 2.97. The van der Waals surface area contributed by atoms with Crippen molar-refractivity contribution in [3.05, 3.63) is 60.1 Å². The molecule has 1 aromatic heterocycles. The van der Waals surface area contributed by atoms with Crippen LogP contribution in [0.25, 0.3) is 0 Å². The summed E-state index contributed by atoms with van der Waals surface area (Å²) >= 11 is 0. The molecule has 0 fully saturated rings. The lowest BCUT2D eigenvalue weighted by molar-refractivity contribution is 0.203. The Kier molecular flexibility index (Phi) is 8.51. The summed E-state index contributed by atoms with van der Waals surface area (Å²) in [4.78, 5) is 4.64. The summed E-state index contributed by atoms with van der Waals surface area (Å²) in [5.41, 5.74) is 1.35. The zero-order valence-electron chi connectivity index (χ0n) is 14.3. The fourth-order valence-electron chi connectivity index (χ4n) is 2.32. The average molecular weight is 329 g/mol. The molecule has 24 heavy (non-hydrogen) atoms. The molecule has 0 unspecified atom stereocenters. The third-order valence-corrected chi connectivity index (χ3v) is 3.58. The maximum absolute atomic E-state index is 5.34. The number of aryl methyl sites for hydroxylation is 1. The number of nitrogens with one attached hydrogen (secondary N) is 2. The van der Waals surface area contributed by atoms with Gasteiger partial charge in [-0.2, -0.15) is 0 Å². The zero-order valence-corrected chi connectivity index (χ0v) is 14.3. The number of nitrogens with zero attached hydrogens (tertiary/aromatic N) is 1. The van der Waals surface area contributed by atoms with Crippen LogP contribution in [-0.4, -0.2) is 39.3 Å². The highest BCUT2D eigenvalue weighted by atomic mass is 16.5. The molecular formula is C19H27N3O2. The highest BCUT2D eigenvalue weighted by molar-refractivity contribution is 5.79. The summed E-state index contributed by atoms with van der Waals surface area (Å²) in [6.07, 6.45) is 4.61. The van der Waals surface area contributed by atoms with Crippen molar-refractivity contribution in [1.82, 2.24) is 10.6 Å². The molecule has 0 bridgehead atoms. The lowest BCUT2D eigenvalue weighted by Crippen LogP contribution is -2.40. The highest BCUT2D eigenvalue weighted by Gasteiger charge is 2.00. The van der Waals surface area contributed by atoms with E-state index in [1.165, 1.54) is 5.56 Å². The quantitative estimate of drug-likeness (QED) is 0.400. The molecule has 2 N–H and O–H groups in total. The average Bonchev–Trinajstić information content (AvgIpc) is 3.13. The first-order chi connectivity index (χ1) is 11.9. The molecule has 0 aliphatic heterocycles. The van der Waals surface area contributed by atoms with Crippen molar-refractivity contribution in [2.75, 3.05) is 33.4 Å². The molecule has 0 atom stereocenters. The molecule has 5 nitrogen and oxygen atoms in total. The van der Waals surface area contributed by atoms with E-state index in [-0.39, 0.29) is 0 Å². The second kappa shape index (κ2) is 11.3. The standard InChI is InChI=1S/C19H27N3O2/c1-23-16-14-22-19(21-13-11-18-10-6-15-24-18)20-12-5-9-17-7-3-2-4-8-17/h2-4,6-8,10,15H,5,9,11-14,16H2,1H3,(H2,20,21,22). The van der Waals surface area contributed by atoms with Gasteiger partial charge in [-0.05, 0) is 30.5 Å². The van der Waals surface area contributed by atoms with E-state index < -0.39 is 0 Å². The van der Waals surface area contributed by atoms with Gasteiger partial charge in [-0.15, -0.1) is 0 Å². The fourth-order valence-corrected chi connectivity index (χ4v) is 2.32. The number of rotatable bonds is 10.